The molecule has 0 aromatic heterocycles. The number of amides is 3. The van der Waals surface area contributed by atoms with Crippen molar-refractivity contribution in [2.24, 2.45) is 5.41 Å². The standard InChI is InChI=1S/C30H38N4O5S/c1-6-22-14-16-23(17-15-22)21(2)32-27(35)25-13-10-20-34(25)28(36)26(30(3,4)18-19-31-40(5)38)33-29(37)39-24-11-8-7-9-12-24/h1,7-9,11-12,14-17,21,25-26,31H,10,13,18-20H2,2-5H3,(H,32,35)(H,33,37). The number of benzene rings is 2. The second-order valence-corrected chi connectivity index (χ2v) is 11.8. The van der Waals surface area contributed by atoms with E-state index in [4.69, 9.17) is 11.2 Å². The number of carbonyl (C=O) groups is 3. The third-order valence-electron chi connectivity index (χ3n) is 7.09. The van der Waals surface area contributed by atoms with Crippen LogP contribution in [0.2, 0.25) is 0 Å². The molecule has 1 fully saturated rings. The van der Waals surface area contributed by atoms with Gasteiger partial charge in [0.25, 0.3) is 0 Å². The molecule has 4 unspecified atom stereocenters. The zero-order valence-corrected chi connectivity index (χ0v) is 24.3. The molecule has 9 nitrogen and oxygen atoms in total. The van der Waals surface area contributed by atoms with Crippen LogP contribution in [0.25, 0.3) is 0 Å². The van der Waals surface area contributed by atoms with E-state index in [-0.39, 0.29) is 17.9 Å². The lowest BCUT2D eigenvalue weighted by Gasteiger charge is -2.37. The third-order valence-corrected chi connectivity index (χ3v) is 7.70. The Morgan fingerprint density at radius 1 is 1.12 bits per heavy atom. The normalized spacial score (nSPS) is 17.3. The number of nitrogens with one attached hydrogen (secondary N) is 3. The summed E-state index contributed by atoms with van der Waals surface area (Å²) < 4.78 is 19.8. The Labute approximate surface area is 239 Å². The summed E-state index contributed by atoms with van der Waals surface area (Å²) in [6.45, 7) is 6.34. The molecule has 0 aliphatic carbocycles. The van der Waals surface area contributed by atoms with Gasteiger partial charge in [-0.3, -0.25) is 9.59 Å². The molecule has 0 radical (unpaired) electrons. The van der Waals surface area contributed by atoms with E-state index in [0.717, 1.165) is 11.1 Å². The molecule has 0 bridgehead atoms. The van der Waals surface area contributed by atoms with Crippen LogP contribution >= 0.6 is 0 Å². The molecule has 10 heteroatoms. The molecule has 1 aliphatic rings. The maximum Gasteiger partial charge on any atom is 0.413 e. The summed E-state index contributed by atoms with van der Waals surface area (Å²) in [5.74, 6) is 2.29. The zero-order valence-electron chi connectivity index (χ0n) is 23.4. The number of hydrogen-bond acceptors (Lipinski definition) is 5. The van der Waals surface area contributed by atoms with Gasteiger partial charge in [-0.15, -0.1) is 6.42 Å². The van der Waals surface area contributed by atoms with Crippen molar-refractivity contribution in [1.29, 1.82) is 0 Å². The second-order valence-electron chi connectivity index (χ2n) is 10.6. The first-order chi connectivity index (χ1) is 19.0. The fourth-order valence-electron chi connectivity index (χ4n) is 4.73. The van der Waals surface area contributed by atoms with E-state index < -0.39 is 34.6 Å². The van der Waals surface area contributed by atoms with E-state index in [2.05, 4.69) is 21.3 Å². The predicted molar refractivity (Wildman–Crippen MR) is 156 cm³/mol. The molecule has 3 amide bonds. The molecule has 0 saturated carbocycles. The Balaban J connectivity index is 1.76. The van der Waals surface area contributed by atoms with Crippen molar-refractivity contribution in [1.82, 2.24) is 20.3 Å². The number of terminal acetylenes is 1. The highest BCUT2D eigenvalue weighted by Gasteiger charge is 2.44. The van der Waals surface area contributed by atoms with Crippen LogP contribution in [0.5, 0.6) is 5.75 Å². The quantitative estimate of drug-likeness (QED) is 0.361. The van der Waals surface area contributed by atoms with Crippen LogP contribution in [0, 0.1) is 17.8 Å². The summed E-state index contributed by atoms with van der Waals surface area (Å²) in [5, 5.41) is 5.77. The van der Waals surface area contributed by atoms with Crippen molar-refractivity contribution >= 4 is 28.9 Å². The van der Waals surface area contributed by atoms with E-state index >= 15 is 0 Å². The highest BCUT2D eigenvalue weighted by atomic mass is 32.2. The van der Waals surface area contributed by atoms with Gasteiger partial charge in [0, 0.05) is 24.9 Å². The molecule has 1 heterocycles. The molecule has 1 saturated heterocycles. The van der Waals surface area contributed by atoms with Crippen molar-refractivity contribution in [3.8, 4) is 18.1 Å². The monoisotopic (exact) mass is 566 g/mol. The van der Waals surface area contributed by atoms with Crippen molar-refractivity contribution in [3.05, 3.63) is 65.7 Å². The lowest BCUT2D eigenvalue weighted by atomic mass is 9.80. The Morgan fingerprint density at radius 2 is 1.80 bits per heavy atom. The topological polar surface area (TPSA) is 117 Å². The van der Waals surface area contributed by atoms with Crippen LogP contribution in [0.3, 0.4) is 0 Å². The van der Waals surface area contributed by atoms with Gasteiger partial charge in [0.05, 0.1) is 17.0 Å². The van der Waals surface area contributed by atoms with Gasteiger partial charge in [0.15, 0.2) is 0 Å². The predicted octanol–water partition coefficient (Wildman–Crippen LogP) is 3.29. The highest BCUT2D eigenvalue weighted by Crippen LogP contribution is 2.30. The average molecular weight is 567 g/mol. The molecule has 3 rings (SSSR count). The molecular weight excluding hydrogens is 528 g/mol. The third kappa shape index (κ3) is 8.41. The summed E-state index contributed by atoms with van der Waals surface area (Å²) in [7, 11) is -1.22. The molecule has 1 aliphatic heterocycles. The van der Waals surface area contributed by atoms with Gasteiger partial charge in [0.2, 0.25) is 11.8 Å². The Bertz CT molecular complexity index is 1240. The number of para-hydroxylation sites is 1. The molecule has 2 aromatic carbocycles. The fourth-order valence-corrected chi connectivity index (χ4v) is 5.11. The van der Waals surface area contributed by atoms with E-state index in [1.807, 2.05) is 45.0 Å². The lowest BCUT2D eigenvalue weighted by molar-refractivity contribution is -0.142. The molecule has 4 atom stereocenters. The number of hydrogen-bond donors (Lipinski definition) is 3. The number of rotatable bonds is 11. The van der Waals surface area contributed by atoms with Crippen LogP contribution in [-0.4, -0.2) is 58.4 Å². The van der Waals surface area contributed by atoms with Crippen molar-refractivity contribution < 1.29 is 23.3 Å². The summed E-state index contributed by atoms with van der Waals surface area (Å²) in [6.07, 6.45) is 7.81. The highest BCUT2D eigenvalue weighted by molar-refractivity contribution is 7.82. The van der Waals surface area contributed by atoms with E-state index in [9.17, 15) is 18.6 Å². The van der Waals surface area contributed by atoms with E-state index in [1.165, 1.54) is 6.26 Å². The first-order valence-corrected chi connectivity index (χ1v) is 14.9. The molecule has 214 valence electrons. The van der Waals surface area contributed by atoms with Crippen LogP contribution in [0.15, 0.2) is 54.6 Å². The molecule has 40 heavy (non-hydrogen) atoms. The van der Waals surface area contributed by atoms with Crippen LogP contribution in [-0.2, 0) is 20.6 Å². The van der Waals surface area contributed by atoms with Gasteiger partial charge in [-0.1, -0.05) is 50.1 Å². The Morgan fingerprint density at radius 3 is 2.42 bits per heavy atom. The number of nitrogens with zero attached hydrogens (tertiary/aromatic N) is 1. The van der Waals surface area contributed by atoms with Crippen LogP contribution in [0.4, 0.5) is 4.79 Å². The van der Waals surface area contributed by atoms with E-state index in [0.29, 0.717) is 38.1 Å². The first kappa shape index (κ1) is 30.9. The summed E-state index contributed by atoms with van der Waals surface area (Å²) in [6, 6.07) is 14.0. The summed E-state index contributed by atoms with van der Waals surface area (Å²) in [4.78, 5) is 41.8. The number of likely N-dealkylation sites (tertiary alicyclic amines) is 1. The number of ether oxygens (including phenoxy) is 1. The minimum Gasteiger partial charge on any atom is -0.410 e. The Kier molecular flexibility index (Phi) is 10.9. The largest absolute Gasteiger partial charge is 0.413 e. The maximum atomic E-state index is 14.0. The maximum absolute atomic E-state index is 14.0. The van der Waals surface area contributed by atoms with Gasteiger partial charge in [-0.05, 0) is 61.4 Å². The lowest BCUT2D eigenvalue weighted by Crippen LogP contribution is -2.59. The van der Waals surface area contributed by atoms with Gasteiger partial charge < -0.3 is 20.3 Å². The SMILES string of the molecule is C#Cc1ccc(C(C)NC(=O)C2CCCN2C(=O)C(NC(=O)Oc2ccccc2)C(C)(C)CCNS(C)=O)cc1. The van der Waals surface area contributed by atoms with Gasteiger partial charge in [0.1, 0.15) is 17.8 Å². The van der Waals surface area contributed by atoms with Gasteiger partial charge >= 0.3 is 6.09 Å². The smallest absolute Gasteiger partial charge is 0.410 e. The van der Waals surface area contributed by atoms with Crippen molar-refractivity contribution in [3.63, 3.8) is 0 Å². The molecule has 2 aromatic rings. The molecule has 0 spiro atoms. The minimum atomic E-state index is -1.22. The molecule has 3 N–H and O–H groups in total. The van der Waals surface area contributed by atoms with Crippen LogP contribution in [0.1, 0.15) is 57.2 Å². The van der Waals surface area contributed by atoms with Crippen molar-refractivity contribution in [2.75, 3.05) is 19.3 Å². The summed E-state index contributed by atoms with van der Waals surface area (Å²) in [5.41, 5.74) is 0.894. The minimum absolute atomic E-state index is 0.258. The fraction of sp³-hybridized carbons (Fsp3) is 0.433. The number of carbonyl (C=O) groups excluding carboxylic acids is 3. The van der Waals surface area contributed by atoms with Crippen molar-refractivity contribution in [2.45, 2.75) is 58.2 Å². The first-order valence-electron chi connectivity index (χ1n) is 13.3. The Hall–Kier alpha value is -3.68. The zero-order chi connectivity index (χ0) is 29.3. The molecular formula is C30H38N4O5S. The van der Waals surface area contributed by atoms with Gasteiger partial charge in [-0.2, -0.15) is 0 Å². The average Bonchev–Trinajstić information content (AvgIpc) is 3.42. The van der Waals surface area contributed by atoms with Crippen LogP contribution < -0.4 is 20.1 Å². The van der Waals surface area contributed by atoms with E-state index in [1.54, 1.807) is 35.2 Å². The second kappa shape index (κ2) is 14.1. The van der Waals surface area contributed by atoms with Gasteiger partial charge in [-0.25, -0.2) is 13.7 Å². The summed E-state index contributed by atoms with van der Waals surface area (Å²) >= 11 is 0.